The Morgan fingerprint density at radius 2 is 1.55 bits per heavy atom. The van der Waals surface area contributed by atoms with Crippen LogP contribution in [-0.2, 0) is 4.79 Å². The summed E-state index contributed by atoms with van der Waals surface area (Å²) in [6.07, 6.45) is 1.27. The third-order valence-electron chi connectivity index (χ3n) is 5.45. The minimum atomic E-state index is -0.129. The average Bonchev–Trinajstić information content (AvgIpc) is 2.78. The Balaban J connectivity index is 1.61. The molecule has 6 nitrogen and oxygen atoms in total. The minimum Gasteiger partial charge on any atom is -0.496 e. The smallest absolute Gasteiger partial charge is 0.261 e. The van der Waals surface area contributed by atoms with Crippen LogP contribution >= 0.6 is 0 Å². The molecule has 0 radical (unpaired) electrons. The van der Waals surface area contributed by atoms with E-state index in [2.05, 4.69) is 5.32 Å². The summed E-state index contributed by atoms with van der Waals surface area (Å²) in [5.74, 6) is 0.806. The molecule has 0 aromatic heterocycles. The molecule has 1 saturated heterocycles. The molecular formula is C23H28N2O4. The zero-order valence-corrected chi connectivity index (χ0v) is 17.2. The Hall–Kier alpha value is -3.02. The van der Waals surface area contributed by atoms with E-state index in [0.717, 1.165) is 5.56 Å². The largest absolute Gasteiger partial charge is 0.496 e. The van der Waals surface area contributed by atoms with Crippen LogP contribution in [0.1, 0.15) is 41.7 Å². The van der Waals surface area contributed by atoms with E-state index in [1.54, 1.807) is 23.1 Å². The second kappa shape index (κ2) is 9.45. The molecule has 154 valence electrons. The summed E-state index contributed by atoms with van der Waals surface area (Å²) in [5, 5.41) is 3.10. The van der Waals surface area contributed by atoms with Crippen molar-refractivity contribution >= 4 is 11.8 Å². The van der Waals surface area contributed by atoms with Crippen LogP contribution in [0.2, 0.25) is 0 Å². The summed E-state index contributed by atoms with van der Waals surface area (Å²) < 4.78 is 10.7. The van der Waals surface area contributed by atoms with Gasteiger partial charge in [-0.3, -0.25) is 9.59 Å². The van der Waals surface area contributed by atoms with Gasteiger partial charge in [-0.05, 0) is 37.5 Å². The molecule has 2 aromatic rings. The molecule has 1 fully saturated rings. The van der Waals surface area contributed by atoms with Gasteiger partial charge in [-0.1, -0.05) is 36.4 Å². The number of ether oxygens (including phenoxy) is 2. The van der Waals surface area contributed by atoms with Crippen molar-refractivity contribution in [3.63, 3.8) is 0 Å². The first-order valence-corrected chi connectivity index (χ1v) is 9.90. The molecule has 2 aromatic carbocycles. The van der Waals surface area contributed by atoms with E-state index in [1.165, 1.54) is 14.2 Å². The van der Waals surface area contributed by atoms with Gasteiger partial charge >= 0.3 is 0 Å². The topological polar surface area (TPSA) is 67.9 Å². The molecule has 0 spiro atoms. The highest BCUT2D eigenvalue weighted by atomic mass is 16.5. The van der Waals surface area contributed by atoms with Crippen LogP contribution in [0.5, 0.6) is 11.5 Å². The number of rotatable bonds is 6. The van der Waals surface area contributed by atoms with Crippen molar-refractivity contribution in [3.8, 4) is 11.5 Å². The standard InChI is InChI=1S/C23H28N2O4/c1-16(17-8-5-4-6-9-17)24-22(26)18-12-14-25(15-13-18)23(27)21-19(28-2)10-7-11-20(21)29-3/h4-11,16,18H,12-15H2,1-3H3,(H,24,26)/t16-/m0/s1. The monoisotopic (exact) mass is 396 g/mol. The van der Waals surface area contributed by atoms with Gasteiger partial charge in [-0.2, -0.15) is 0 Å². The molecule has 6 heteroatoms. The predicted octanol–water partition coefficient (Wildman–Crippen LogP) is 3.43. The molecule has 3 rings (SSSR count). The lowest BCUT2D eigenvalue weighted by Gasteiger charge is -2.32. The Labute approximate surface area is 171 Å². The molecule has 1 N–H and O–H groups in total. The normalized spacial score (nSPS) is 15.5. The average molecular weight is 396 g/mol. The van der Waals surface area contributed by atoms with Crippen LogP contribution < -0.4 is 14.8 Å². The summed E-state index contributed by atoms with van der Waals surface area (Å²) in [7, 11) is 3.08. The van der Waals surface area contributed by atoms with Crippen molar-refractivity contribution in [1.82, 2.24) is 10.2 Å². The number of amides is 2. The summed E-state index contributed by atoms with van der Waals surface area (Å²) in [5.41, 5.74) is 1.51. The number of hydrogen-bond donors (Lipinski definition) is 1. The summed E-state index contributed by atoms with van der Waals surface area (Å²) >= 11 is 0. The van der Waals surface area contributed by atoms with E-state index in [-0.39, 0.29) is 23.8 Å². The number of piperidine rings is 1. The zero-order chi connectivity index (χ0) is 20.8. The van der Waals surface area contributed by atoms with Gasteiger partial charge in [0.1, 0.15) is 17.1 Å². The predicted molar refractivity (Wildman–Crippen MR) is 111 cm³/mol. The lowest BCUT2D eigenvalue weighted by atomic mass is 9.94. The van der Waals surface area contributed by atoms with Gasteiger partial charge < -0.3 is 19.7 Å². The molecular weight excluding hydrogens is 368 g/mol. The number of benzene rings is 2. The third-order valence-corrected chi connectivity index (χ3v) is 5.45. The lowest BCUT2D eigenvalue weighted by molar-refractivity contribution is -0.127. The van der Waals surface area contributed by atoms with Crippen molar-refractivity contribution < 1.29 is 19.1 Å². The molecule has 0 unspecified atom stereocenters. The van der Waals surface area contributed by atoms with Gasteiger partial charge in [-0.15, -0.1) is 0 Å². The fourth-order valence-electron chi connectivity index (χ4n) is 3.72. The fourth-order valence-corrected chi connectivity index (χ4v) is 3.72. The Morgan fingerprint density at radius 1 is 0.966 bits per heavy atom. The Kier molecular flexibility index (Phi) is 6.75. The molecule has 0 bridgehead atoms. The zero-order valence-electron chi connectivity index (χ0n) is 17.2. The van der Waals surface area contributed by atoms with Gasteiger partial charge in [0.15, 0.2) is 0 Å². The Morgan fingerprint density at radius 3 is 2.10 bits per heavy atom. The summed E-state index contributed by atoms with van der Waals surface area (Å²) in [6.45, 7) is 3.04. The van der Waals surface area contributed by atoms with Crippen LogP contribution in [0.25, 0.3) is 0 Å². The van der Waals surface area contributed by atoms with Crippen molar-refractivity contribution in [3.05, 3.63) is 59.7 Å². The van der Waals surface area contributed by atoms with E-state index in [1.807, 2.05) is 37.3 Å². The van der Waals surface area contributed by atoms with Gasteiger partial charge in [0.2, 0.25) is 5.91 Å². The quantitative estimate of drug-likeness (QED) is 0.812. The van der Waals surface area contributed by atoms with Gasteiger partial charge in [-0.25, -0.2) is 0 Å². The van der Waals surface area contributed by atoms with Crippen LogP contribution in [0, 0.1) is 5.92 Å². The van der Waals surface area contributed by atoms with Crippen molar-refractivity contribution in [2.24, 2.45) is 5.92 Å². The number of hydrogen-bond acceptors (Lipinski definition) is 4. The maximum absolute atomic E-state index is 13.1. The maximum Gasteiger partial charge on any atom is 0.261 e. The lowest BCUT2D eigenvalue weighted by Crippen LogP contribution is -2.43. The van der Waals surface area contributed by atoms with Crippen LogP contribution in [0.4, 0.5) is 0 Å². The van der Waals surface area contributed by atoms with E-state index in [9.17, 15) is 9.59 Å². The van der Waals surface area contributed by atoms with Crippen molar-refractivity contribution in [2.75, 3.05) is 27.3 Å². The third kappa shape index (κ3) is 4.70. The highest BCUT2D eigenvalue weighted by molar-refractivity contribution is 6.00. The number of carbonyl (C=O) groups excluding carboxylic acids is 2. The van der Waals surface area contributed by atoms with E-state index < -0.39 is 0 Å². The number of likely N-dealkylation sites (tertiary alicyclic amines) is 1. The van der Waals surface area contributed by atoms with E-state index in [0.29, 0.717) is 43.0 Å². The SMILES string of the molecule is COc1cccc(OC)c1C(=O)N1CCC(C(=O)N[C@@H](C)c2ccccc2)CC1. The number of nitrogens with zero attached hydrogens (tertiary/aromatic N) is 1. The fraction of sp³-hybridized carbons (Fsp3) is 0.391. The Bertz CT molecular complexity index is 823. The first-order valence-electron chi connectivity index (χ1n) is 9.90. The number of carbonyl (C=O) groups is 2. The van der Waals surface area contributed by atoms with Gasteiger partial charge in [0.25, 0.3) is 5.91 Å². The molecule has 2 amide bonds. The van der Waals surface area contributed by atoms with Crippen molar-refractivity contribution in [1.29, 1.82) is 0 Å². The molecule has 0 aliphatic carbocycles. The van der Waals surface area contributed by atoms with Gasteiger partial charge in [0.05, 0.1) is 20.3 Å². The second-order valence-corrected chi connectivity index (χ2v) is 7.24. The van der Waals surface area contributed by atoms with Crippen LogP contribution in [0.3, 0.4) is 0 Å². The molecule has 1 atom stereocenters. The van der Waals surface area contributed by atoms with E-state index in [4.69, 9.17) is 9.47 Å². The first kappa shape index (κ1) is 20.7. The molecule has 1 aliphatic rings. The molecule has 1 heterocycles. The summed E-state index contributed by atoms with van der Waals surface area (Å²) in [6, 6.07) is 15.2. The molecule has 0 saturated carbocycles. The maximum atomic E-state index is 13.1. The van der Waals surface area contributed by atoms with Crippen LogP contribution in [0.15, 0.2) is 48.5 Å². The molecule has 1 aliphatic heterocycles. The summed E-state index contributed by atoms with van der Waals surface area (Å²) in [4.78, 5) is 27.5. The number of nitrogens with one attached hydrogen (secondary N) is 1. The minimum absolute atomic E-state index is 0.0406. The van der Waals surface area contributed by atoms with Crippen molar-refractivity contribution in [2.45, 2.75) is 25.8 Å². The first-order chi connectivity index (χ1) is 14.0. The van der Waals surface area contributed by atoms with Gasteiger partial charge in [0, 0.05) is 19.0 Å². The highest BCUT2D eigenvalue weighted by Crippen LogP contribution is 2.31. The highest BCUT2D eigenvalue weighted by Gasteiger charge is 2.31. The van der Waals surface area contributed by atoms with E-state index >= 15 is 0 Å². The number of methoxy groups -OCH3 is 2. The molecule has 29 heavy (non-hydrogen) atoms. The second-order valence-electron chi connectivity index (χ2n) is 7.24. The van der Waals surface area contributed by atoms with Crippen LogP contribution in [-0.4, -0.2) is 44.0 Å².